The lowest BCUT2D eigenvalue weighted by Gasteiger charge is -2.11. The number of rotatable bonds is 6. The number of hydrogen-bond donors (Lipinski definition) is 3. The number of carbonyl (C=O) groups excluding carboxylic acids is 1. The van der Waals surface area contributed by atoms with E-state index in [4.69, 9.17) is 10.8 Å². The van der Waals surface area contributed by atoms with E-state index in [-0.39, 0.29) is 17.9 Å². The Labute approximate surface area is 72.1 Å². The second-order valence-electron chi connectivity index (χ2n) is 3.55. The van der Waals surface area contributed by atoms with Crippen LogP contribution in [0.5, 0.6) is 0 Å². The Morgan fingerprint density at radius 1 is 1.58 bits per heavy atom. The van der Waals surface area contributed by atoms with Crippen LogP contribution < -0.4 is 11.1 Å². The fourth-order valence-electron chi connectivity index (χ4n) is 1.13. The van der Waals surface area contributed by atoms with Crippen molar-refractivity contribution in [2.24, 2.45) is 11.1 Å². The van der Waals surface area contributed by atoms with Gasteiger partial charge in [-0.1, -0.05) is 0 Å². The van der Waals surface area contributed by atoms with Crippen LogP contribution in [0.1, 0.15) is 19.3 Å². The Morgan fingerprint density at radius 3 is 2.67 bits per heavy atom. The first-order chi connectivity index (χ1) is 5.68. The van der Waals surface area contributed by atoms with Crippen molar-refractivity contribution in [3.05, 3.63) is 0 Å². The van der Waals surface area contributed by atoms with Crippen LogP contribution >= 0.6 is 0 Å². The maximum absolute atomic E-state index is 10.3. The minimum Gasteiger partial charge on any atom is -0.396 e. The van der Waals surface area contributed by atoms with Gasteiger partial charge in [0.05, 0.1) is 0 Å². The molecular formula is C8H16N2O2. The largest absolute Gasteiger partial charge is 0.396 e. The van der Waals surface area contributed by atoms with E-state index in [1.165, 1.54) is 0 Å². The van der Waals surface area contributed by atoms with Crippen LogP contribution in [0, 0.1) is 5.41 Å². The monoisotopic (exact) mass is 172 g/mol. The predicted molar refractivity (Wildman–Crippen MR) is 45.4 cm³/mol. The molecule has 4 nitrogen and oxygen atoms in total. The molecule has 0 atom stereocenters. The first-order valence-electron chi connectivity index (χ1n) is 4.28. The second kappa shape index (κ2) is 3.87. The lowest BCUT2D eigenvalue weighted by Crippen LogP contribution is -2.29. The molecule has 0 aromatic rings. The van der Waals surface area contributed by atoms with Gasteiger partial charge in [0.2, 0.25) is 5.91 Å². The number of carbonyl (C=O) groups is 1. The summed E-state index contributed by atoms with van der Waals surface area (Å²) in [6.07, 6.45) is 2.56. The quantitative estimate of drug-likeness (QED) is 0.460. The smallest absolute Gasteiger partial charge is 0.218 e. The molecule has 1 aliphatic carbocycles. The molecule has 0 unspecified atom stereocenters. The number of primary amides is 1. The Bertz CT molecular complexity index is 166. The summed E-state index contributed by atoms with van der Waals surface area (Å²) in [5.74, 6) is -0.281. The molecule has 70 valence electrons. The molecule has 0 saturated heterocycles. The molecule has 1 aliphatic rings. The van der Waals surface area contributed by atoms with Crippen molar-refractivity contribution in [1.82, 2.24) is 5.32 Å². The topological polar surface area (TPSA) is 75.4 Å². The summed E-state index contributed by atoms with van der Waals surface area (Å²) in [5.41, 5.74) is 5.08. The van der Waals surface area contributed by atoms with Crippen LogP contribution in [-0.2, 0) is 4.79 Å². The molecule has 1 amide bonds. The van der Waals surface area contributed by atoms with E-state index in [1.807, 2.05) is 0 Å². The van der Waals surface area contributed by atoms with Crippen molar-refractivity contribution in [3.63, 3.8) is 0 Å². The first kappa shape index (κ1) is 9.48. The Morgan fingerprint density at radius 2 is 2.25 bits per heavy atom. The van der Waals surface area contributed by atoms with E-state index in [9.17, 15) is 4.79 Å². The van der Waals surface area contributed by atoms with Crippen LogP contribution in [0.2, 0.25) is 0 Å². The third kappa shape index (κ3) is 2.79. The summed E-state index contributed by atoms with van der Waals surface area (Å²) >= 11 is 0. The average molecular weight is 172 g/mol. The number of aliphatic hydroxyl groups is 1. The molecule has 1 rings (SSSR count). The van der Waals surface area contributed by atoms with Crippen LogP contribution in [-0.4, -0.2) is 30.7 Å². The maximum Gasteiger partial charge on any atom is 0.218 e. The highest BCUT2D eigenvalue weighted by Crippen LogP contribution is 2.44. The van der Waals surface area contributed by atoms with Crippen molar-refractivity contribution in [2.45, 2.75) is 19.3 Å². The van der Waals surface area contributed by atoms with Gasteiger partial charge in [-0.05, 0) is 12.8 Å². The molecule has 0 aromatic carbocycles. The van der Waals surface area contributed by atoms with Crippen LogP contribution in [0.15, 0.2) is 0 Å². The fourth-order valence-corrected chi connectivity index (χ4v) is 1.13. The zero-order valence-electron chi connectivity index (χ0n) is 7.18. The van der Waals surface area contributed by atoms with E-state index >= 15 is 0 Å². The molecular weight excluding hydrogens is 156 g/mol. The van der Waals surface area contributed by atoms with Crippen molar-refractivity contribution in [2.75, 3.05) is 19.7 Å². The predicted octanol–water partition coefficient (Wildman–Crippen LogP) is -0.776. The SMILES string of the molecule is NC(=O)CCNCC1(CO)CC1. The summed E-state index contributed by atoms with van der Waals surface area (Å²) in [6.45, 7) is 1.67. The zero-order valence-corrected chi connectivity index (χ0v) is 7.18. The highest BCUT2D eigenvalue weighted by Gasteiger charge is 2.41. The summed E-state index contributed by atoms with van der Waals surface area (Å²) in [6, 6.07) is 0. The fraction of sp³-hybridized carbons (Fsp3) is 0.875. The van der Waals surface area contributed by atoms with Crippen LogP contribution in [0.3, 0.4) is 0 Å². The maximum atomic E-state index is 10.3. The Kier molecular flexibility index (Phi) is 3.05. The lowest BCUT2D eigenvalue weighted by molar-refractivity contribution is -0.117. The van der Waals surface area contributed by atoms with E-state index in [1.54, 1.807) is 0 Å². The average Bonchev–Trinajstić information content (AvgIpc) is 2.79. The van der Waals surface area contributed by atoms with Gasteiger partial charge in [-0.3, -0.25) is 4.79 Å². The number of nitrogens with one attached hydrogen (secondary N) is 1. The van der Waals surface area contributed by atoms with Gasteiger partial charge in [-0.25, -0.2) is 0 Å². The van der Waals surface area contributed by atoms with Gasteiger partial charge in [0.1, 0.15) is 0 Å². The summed E-state index contributed by atoms with van der Waals surface area (Å²) in [7, 11) is 0. The van der Waals surface area contributed by atoms with Gasteiger partial charge in [0.15, 0.2) is 0 Å². The van der Waals surface area contributed by atoms with Crippen molar-refractivity contribution < 1.29 is 9.90 Å². The number of aliphatic hydroxyl groups excluding tert-OH is 1. The molecule has 0 heterocycles. The molecule has 0 spiro atoms. The van der Waals surface area contributed by atoms with E-state index in [2.05, 4.69) is 5.32 Å². The van der Waals surface area contributed by atoms with Gasteiger partial charge < -0.3 is 16.2 Å². The first-order valence-corrected chi connectivity index (χ1v) is 4.28. The molecule has 4 N–H and O–H groups in total. The Hall–Kier alpha value is -0.610. The van der Waals surface area contributed by atoms with Gasteiger partial charge >= 0.3 is 0 Å². The molecule has 4 heteroatoms. The highest BCUT2D eigenvalue weighted by atomic mass is 16.3. The van der Waals surface area contributed by atoms with Gasteiger partial charge in [0, 0.05) is 31.5 Å². The Balaban J connectivity index is 1.99. The second-order valence-corrected chi connectivity index (χ2v) is 3.55. The van der Waals surface area contributed by atoms with Crippen LogP contribution in [0.25, 0.3) is 0 Å². The third-order valence-electron chi connectivity index (χ3n) is 2.34. The number of amides is 1. The molecule has 1 saturated carbocycles. The lowest BCUT2D eigenvalue weighted by atomic mass is 10.1. The molecule has 0 aromatic heterocycles. The van der Waals surface area contributed by atoms with E-state index < -0.39 is 0 Å². The molecule has 12 heavy (non-hydrogen) atoms. The number of hydrogen-bond acceptors (Lipinski definition) is 3. The van der Waals surface area contributed by atoms with Gasteiger partial charge in [-0.2, -0.15) is 0 Å². The summed E-state index contributed by atoms with van der Waals surface area (Å²) in [5, 5.41) is 12.0. The van der Waals surface area contributed by atoms with Crippen molar-refractivity contribution in [3.8, 4) is 0 Å². The minimum atomic E-state index is -0.281. The molecule has 0 bridgehead atoms. The van der Waals surface area contributed by atoms with Gasteiger partial charge in [-0.15, -0.1) is 0 Å². The van der Waals surface area contributed by atoms with E-state index in [0.717, 1.165) is 19.4 Å². The highest BCUT2D eigenvalue weighted by molar-refractivity contribution is 5.73. The number of nitrogens with two attached hydrogens (primary N) is 1. The molecule has 0 radical (unpaired) electrons. The van der Waals surface area contributed by atoms with Crippen LogP contribution in [0.4, 0.5) is 0 Å². The molecule has 1 fully saturated rings. The van der Waals surface area contributed by atoms with Crippen molar-refractivity contribution >= 4 is 5.91 Å². The summed E-state index contributed by atoms with van der Waals surface area (Å²) in [4.78, 5) is 10.3. The third-order valence-corrected chi connectivity index (χ3v) is 2.34. The van der Waals surface area contributed by atoms with E-state index in [0.29, 0.717) is 13.0 Å². The normalized spacial score (nSPS) is 19.1. The standard InChI is InChI=1S/C8H16N2O2/c9-7(12)1-4-10-5-8(6-11)2-3-8/h10-11H,1-6H2,(H2,9,12). The van der Waals surface area contributed by atoms with Gasteiger partial charge in [0.25, 0.3) is 0 Å². The zero-order chi connectivity index (χ0) is 9.03. The summed E-state index contributed by atoms with van der Waals surface area (Å²) < 4.78 is 0. The van der Waals surface area contributed by atoms with Crippen molar-refractivity contribution in [1.29, 1.82) is 0 Å². The minimum absolute atomic E-state index is 0.123. The molecule has 0 aliphatic heterocycles.